The molecule has 0 spiro atoms. The van der Waals surface area contributed by atoms with E-state index in [4.69, 9.17) is 20.2 Å². The van der Waals surface area contributed by atoms with Crippen molar-refractivity contribution in [2.45, 2.75) is 13.5 Å². The van der Waals surface area contributed by atoms with Gasteiger partial charge in [0, 0.05) is 23.6 Å². The first-order valence-electron chi connectivity index (χ1n) is 7.49. The summed E-state index contributed by atoms with van der Waals surface area (Å²) in [5.41, 5.74) is 10.8. The summed E-state index contributed by atoms with van der Waals surface area (Å²) in [6, 6.07) is 14.1. The fourth-order valence-electron chi connectivity index (χ4n) is 2.68. The lowest BCUT2D eigenvalue weighted by Crippen LogP contribution is -1.96. The smallest absolute Gasteiger partial charge is 0.162 e. The van der Waals surface area contributed by atoms with E-state index >= 15 is 0 Å². The summed E-state index contributed by atoms with van der Waals surface area (Å²) in [6.45, 7) is 2.62. The van der Waals surface area contributed by atoms with Crippen molar-refractivity contribution in [1.29, 1.82) is 0 Å². The van der Waals surface area contributed by atoms with Gasteiger partial charge < -0.3 is 15.2 Å². The SMILES string of the molecule is COc1cc2nc(-c3ccc(CN)cc3)cc(C)c2cc1OC. The molecule has 2 N–H and O–H groups in total. The molecule has 4 heteroatoms. The number of aryl methyl sites for hydroxylation is 1. The Bertz CT molecular complexity index is 842. The molecule has 0 aliphatic heterocycles. The summed E-state index contributed by atoms with van der Waals surface area (Å²) >= 11 is 0. The summed E-state index contributed by atoms with van der Waals surface area (Å²) in [5.74, 6) is 1.40. The largest absolute Gasteiger partial charge is 0.493 e. The van der Waals surface area contributed by atoms with Crippen LogP contribution in [0.5, 0.6) is 11.5 Å². The number of hydrogen-bond acceptors (Lipinski definition) is 4. The van der Waals surface area contributed by atoms with Crippen molar-refractivity contribution in [2.75, 3.05) is 14.2 Å². The number of nitrogens with two attached hydrogens (primary N) is 1. The third-order valence-corrected chi connectivity index (χ3v) is 4.01. The van der Waals surface area contributed by atoms with Crippen molar-refractivity contribution in [2.24, 2.45) is 5.73 Å². The molecule has 23 heavy (non-hydrogen) atoms. The first-order valence-corrected chi connectivity index (χ1v) is 7.49. The zero-order valence-corrected chi connectivity index (χ0v) is 13.6. The minimum Gasteiger partial charge on any atom is -0.493 e. The number of ether oxygens (including phenoxy) is 2. The molecule has 0 aliphatic carbocycles. The zero-order valence-electron chi connectivity index (χ0n) is 13.6. The van der Waals surface area contributed by atoms with Crippen LogP contribution in [0.2, 0.25) is 0 Å². The number of aromatic nitrogens is 1. The van der Waals surface area contributed by atoms with Crippen molar-refractivity contribution < 1.29 is 9.47 Å². The van der Waals surface area contributed by atoms with Crippen LogP contribution in [0.1, 0.15) is 11.1 Å². The highest BCUT2D eigenvalue weighted by Crippen LogP contribution is 2.34. The number of benzene rings is 2. The van der Waals surface area contributed by atoms with E-state index in [1.54, 1.807) is 14.2 Å². The standard InChI is InChI=1S/C19H20N2O2/c1-12-8-16(14-6-4-13(11-20)5-7-14)21-17-10-19(23-3)18(22-2)9-15(12)17/h4-10H,11,20H2,1-3H3. The number of hydrogen-bond donors (Lipinski definition) is 1. The van der Waals surface area contributed by atoms with E-state index in [2.05, 4.69) is 25.1 Å². The summed E-state index contributed by atoms with van der Waals surface area (Å²) in [7, 11) is 3.27. The van der Waals surface area contributed by atoms with Gasteiger partial charge in [-0.15, -0.1) is 0 Å². The lowest BCUT2D eigenvalue weighted by molar-refractivity contribution is 0.356. The Kier molecular flexibility index (Phi) is 4.17. The third-order valence-electron chi connectivity index (χ3n) is 4.01. The normalized spacial score (nSPS) is 10.8. The van der Waals surface area contributed by atoms with Crippen LogP contribution in [-0.2, 0) is 6.54 Å². The van der Waals surface area contributed by atoms with Crippen LogP contribution < -0.4 is 15.2 Å². The van der Waals surface area contributed by atoms with Gasteiger partial charge in [-0.05, 0) is 30.2 Å². The monoisotopic (exact) mass is 308 g/mol. The Morgan fingerprint density at radius 3 is 2.22 bits per heavy atom. The van der Waals surface area contributed by atoms with Gasteiger partial charge in [0.15, 0.2) is 11.5 Å². The minimum atomic E-state index is 0.543. The summed E-state index contributed by atoms with van der Waals surface area (Å²) < 4.78 is 10.8. The molecule has 0 aliphatic rings. The van der Waals surface area contributed by atoms with Gasteiger partial charge in [0.25, 0.3) is 0 Å². The van der Waals surface area contributed by atoms with Gasteiger partial charge in [0.05, 0.1) is 25.4 Å². The predicted octanol–water partition coefficient (Wildman–Crippen LogP) is 3.69. The number of rotatable bonds is 4. The maximum atomic E-state index is 5.66. The third kappa shape index (κ3) is 2.85. The van der Waals surface area contributed by atoms with Gasteiger partial charge in [-0.3, -0.25) is 0 Å². The highest BCUT2D eigenvalue weighted by Gasteiger charge is 2.11. The van der Waals surface area contributed by atoms with Crippen LogP contribution in [0.4, 0.5) is 0 Å². The van der Waals surface area contributed by atoms with Gasteiger partial charge in [0.2, 0.25) is 0 Å². The molecular weight excluding hydrogens is 288 g/mol. The van der Waals surface area contributed by atoms with Crippen LogP contribution in [0.25, 0.3) is 22.2 Å². The number of methoxy groups -OCH3 is 2. The molecule has 0 radical (unpaired) electrons. The van der Waals surface area contributed by atoms with Crippen molar-refractivity contribution in [3.05, 3.63) is 53.6 Å². The Labute approximate surface area is 135 Å². The lowest BCUT2D eigenvalue weighted by atomic mass is 10.0. The Morgan fingerprint density at radius 2 is 1.61 bits per heavy atom. The molecule has 0 atom stereocenters. The highest BCUT2D eigenvalue weighted by atomic mass is 16.5. The molecule has 4 nitrogen and oxygen atoms in total. The molecule has 118 valence electrons. The summed E-state index contributed by atoms with van der Waals surface area (Å²) in [5, 5.41) is 1.06. The molecule has 0 fully saturated rings. The summed E-state index contributed by atoms with van der Waals surface area (Å²) in [4.78, 5) is 4.78. The summed E-state index contributed by atoms with van der Waals surface area (Å²) in [6.07, 6.45) is 0. The van der Waals surface area contributed by atoms with Crippen LogP contribution in [-0.4, -0.2) is 19.2 Å². The lowest BCUT2D eigenvalue weighted by Gasteiger charge is -2.12. The van der Waals surface area contributed by atoms with Crippen LogP contribution in [0.3, 0.4) is 0 Å². The molecule has 0 saturated heterocycles. The highest BCUT2D eigenvalue weighted by molar-refractivity contribution is 5.88. The van der Waals surface area contributed by atoms with Gasteiger partial charge in [-0.1, -0.05) is 24.3 Å². The molecule has 2 aromatic carbocycles. The topological polar surface area (TPSA) is 57.4 Å². The van der Waals surface area contributed by atoms with E-state index < -0.39 is 0 Å². The number of pyridine rings is 1. The maximum absolute atomic E-state index is 5.66. The molecular formula is C19H20N2O2. The van der Waals surface area contributed by atoms with E-state index in [0.717, 1.165) is 33.3 Å². The second-order valence-electron chi connectivity index (χ2n) is 5.45. The van der Waals surface area contributed by atoms with Crippen LogP contribution in [0.15, 0.2) is 42.5 Å². The maximum Gasteiger partial charge on any atom is 0.162 e. The van der Waals surface area contributed by atoms with Crippen LogP contribution >= 0.6 is 0 Å². The van der Waals surface area contributed by atoms with Crippen molar-refractivity contribution in [3.8, 4) is 22.8 Å². The fraction of sp³-hybridized carbons (Fsp3) is 0.211. The molecule has 3 aromatic rings. The van der Waals surface area contributed by atoms with Gasteiger partial charge in [0.1, 0.15) is 0 Å². The first kappa shape index (κ1) is 15.3. The van der Waals surface area contributed by atoms with E-state index in [1.165, 1.54) is 0 Å². The van der Waals surface area contributed by atoms with Crippen molar-refractivity contribution in [3.63, 3.8) is 0 Å². The quantitative estimate of drug-likeness (QED) is 0.798. The molecule has 1 heterocycles. The Morgan fingerprint density at radius 1 is 0.957 bits per heavy atom. The van der Waals surface area contributed by atoms with E-state index in [1.807, 2.05) is 24.3 Å². The molecule has 0 unspecified atom stereocenters. The number of fused-ring (bicyclic) bond motifs is 1. The Hall–Kier alpha value is -2.59. The fourth-order valence-corrected chi connectivity index (χ4v) is 2.68. The number of nitrogens with zero attached hydrogens (tertiary/aromatic N) is 1. The molecule has 0 saturated carbocycles. The second kappa shape index (κ2) is 6.26. The van der Waals surface area contributed by atoms with Gasteiger partial charge >= 0.3 is 0 Å². The molecule has 0 bridgehead atoms. The van der Waals surface area contributed by atoms with E-state index in [0.29, 0.717) is 18.0 Å². The van der Waals surface area contributed by atoms with E-state index in [9.17, 15) is 0 Å². The second-order valence-corrected chi connectivity index (χ2v) is 5.45. The van der Waals surface area contributed by atoms with Gasteiger partial charge in [-0.25, -0.2) is 4.98 Å². The van der Waals surface area contributed by atoms with Crippen molar-refractivity contribution >= 4 is 10.9 Å². The van der Waals surface area contributed by atoms with Crippen LogP contribution in [0, 0.1) is 6.92 Å². The van der Waals surface area contributed by atoms with Crippen molar-refractivity contribution in [1.82, 2.24) is 4.98 Å². The predicted molar refractivity (Wildman–Crippen MR) is 92.9 cm³/mol. The molecule has 0 amide bonds. The zero-order chi connectivity index (χ0) is 16.4. The van der Waals surface area contributed by atoms with Gasteiger partial charge in [-0.2, -0.15) is 0 Å². The first-order chi connectivity index (χ1) is 11.2. The average molecular weight is 308 g/mol. The minimum absolute atomic E-state index is 0.543. The molecule has 1 aromatic heterocycles. The van der Waals surface area contributed by atoms with E-state index in [-0.39, 0.29) is 0 Å². The average Bonchev–Trinajstić information content (AvgIpc) is 2.60. The Balaban J connectivity index is 2.15. The molecule has 3 rings (SSSR count).